The lowest BCUT2D eigenvalue weighted by Gasteiger charge is -2.06. The maximum atomic E-state index is 9.37. The molecule has 0 saturated carbocycles. The number of phenols is 1. The fraction of sp³-hybridized carbons (Fsp3) is 0.125. The number of methoxy groups -OCH3 is 1. The van der Waals surface area contributed by atoms with Gasteiger partial charge in [-0.3, -0.25) is 0 Å². The molecule has 18 heavy (non-hydrogen) atoms. The van der Waals surface area contributed by atoms with E-state index in [1.807, 2.05) is 24.3 Å². The Balaban J connectivity index is 2.08. The van der Waals surface area contributed by atoms with Crippen LogP contribution in [0.5, 0.6) is 11.5 Å². The quantitative estimate of drug-likeness (QED) is 0.883. The van der Waals surface area contributed by atoms with Gasteiger partial charge in [0.15, 0.2) is 0 Å². The van der Waals surface area contributed by atoms with Gasteiger partial charge in [0.25, 0.3) is 0 Å². The molecule has 0 atom stereocenters. The topological polar surface area (TPSA) is 29.5 Å². The van der Waals surface area contributed by atoms with Crippen LogP contribution in [0.25, 0.3) is 6.08 Å². The van der Waals surface area contributed by atoms with Crippen LogP contribution >= 0.6 is 0 Å². The zero-order valence-corrected chi connectivity index (χ0v) is 10.3. The molecule has 92 valence electrons. The zero-order valence-electron chi connectivity index (χ0n) is 10.3. The first kappa shape index (κ1) is 12.2. The predicted molar refractivity (Wildman–Crippen MR) is 73.8 cm³/mol. The predicted octanol–water partition coefficient (Wildman–Crippen LogP) is 3.66. The van der Waals surface area contributed by atoms with E-state index in [4.69, 9.17) is 4.74 Å². The first-order valence-corrected chi connectivity index (χ1v) is 5.87. The Bertz CT molecular complexity index is 530. The van der Waals surface area contributed by atoms with Gasteiger partial charge in [0.2, 0.25) is 0 Å². The van der Waals surface area contributed by atoms with Crippen molar-refractivity contribution in [2.75, 3.05) is 7.11 Å². The number of rotatable bonds is 4. The van der Waals surface area contributed by atoms with Gasteiger partial charge in [0, 0.05) is 6.07 Å². The molecule has 2 aromatic rings. The number of hydrogen-bond acceptors (Lipinski definition) is 2. The number of hydrogen-bond donors (Lipinski definition) is 1. The molecule has 1 N–H and O–H groups in total. The van der Waals surface area contributed by atoms with Crippen molar-refractivity contribution in [2.45, 2.75) is 6.42 Å². The zero-order chi connectivity index (χ0) is 12.8. The minimum Gasteiger partial charge on any atom is -0.508 e. The highest BCUT2D eigenvalue weighted by molar-refractivity contribution is 5.50. The van der Waals surface area contributed by atoms with E-state index in [1.165, 1.54) is 5.56 Å². The summed E-state index contributed by atoms with van der Waals surface area (Å²) in [6.45, 7) is 0. The molecule has 0 unspecified atom stereocenters. The van der Waals surface area contributed by atoms with Crippen molar-refractivity contribution in [1.82, 2.24) is 0 Å². The molecule has 0 amide bonds. The molecule has 0 spiro atoms. The first-order chi connectivity index (χ1) is 8.79. The highest BCUT2D eigenvalue weighted by Gasteiger charge is 2.01. The van der Waals surface area contributed by atoms with Crippen LogP contribution in [-0.4, -0.2) is 12.2 Å². The van der Waals surface area contributed by atoms with E-state index in [2.05, 4.69) is 24.3 Å². The van der Waals surface area contributed by atoms with Crippen LogP contribution in [0.3, 0.4) is 0 Å². The lowest BCUT2D eigenvalue weighted by atomic mass is 10.1. The van der Waals surface area contributed by atoms with Crippen LogP contribution in [0.2, 0.25) is 0 Å². The summed E-state index contributed by atoms with van der Waals surface area (Å²) in [4.78, 5) is 0. The summed E-state index contributed by atoms with van der Waals surface area (Å²) in [6, 6.07) is 15.3. The van der Waals surface area contributed by atoms with Crippen LogP contribution in [0.1, 0.15) is 11.1 Å². The molecule has 0 heterocycles. The van der Waals surface area contributed by atoms with Crippen molar-refractivity contribution in [3.05, 3.63) is 65.7 Å². The van der Waals surface area contributed by atoms with Crippen molar-refractivity contribution in [2.24, 2.45) is 0 Å². The van der Waals surface area contributed by atoms with Crippen LogP contribution < -0.4 is 4.74 Å². The first-order valence-electron chi connectivity index (χ1n) is 5.87. The van der Waals surface area contributed by atoms with E-state index in [9.17, 15) is 5.11 Å². The van der Waals surface area contributed by atoms with Gasteiger partial charge >= 0.3 is 0 Å². The maximum Gasteiger partial charge on any atom is 0.126 e. The second-order valence-corrected chi connectivity index (χ2v) is 4.01. The van der Waals surface area contributed by atoms with E-state index >= 15 is 0 Å². The van der Waals surface area contributed by atoms with Crippen molar-refractivity contribution in [3.63, 3.8) is 0 Å². The molecule has 2 heteroatoms. The fourth-order valence-electron chi connectivity index (χ4n) is 1.79. The second kappa shape index (κ2) is 5.92. The number of ether oxygens (including phenoxy) is 1. The Hall–Kier alpha value is -2.22. The lowest BCUT2D eigenvalue weighted by Crippen LogP contribution is -1.90. The molecule has 0 aliphatic carbocycles. The summed E-state index contributed by atoms with van der Waals surface area (Å²) in [6.07, 6.45) is 4.94. The third kappa shape index (κ3) is 3.14. The Kier molecular flexibility index (Phi) is 4.02. The van der Waals surface area contributed by atoms with Crippen LogP contribution in [0.15, 0.2) is 54.6 Å². The number of allylic oxidation sites excluding steroid dienone is 1. The average molecular weight is 240 g/mol. The summed E-state index contributed by atoms with van der Waals surface area (Å²) in [7, 11) is 1.61. The van der Waals surface area contributed by atoms with Gasteiger partial charge in [0.1, 0.15) is 11.5 Å². The van der Waals surface area contributed by atoms with Crippen LogP contribution in [-0.2, 0) is 6.42 Å². The largest absolute Gasteiger partial charge is 0.508 e. The Morgan fingerprint density at radius 3 is 2.61 bits per heavy atom. The van der Waals surface area contributed by atoms with E-state index in [0.717, 1.165) is 12.0 Å². The lowest BCUT2D eigenvalue weighted by molar-refractivity contribution is 0.403. The molecule has 2 nitrogen and oxygen atoms in total. The van der Waals surface area contributed by atoms with Gasteiger partial charge in [-0.2, -0.15) is 0 Å². The minimum atomic E-state index is 0.225. The molecule has 0 radical (unpaired) electrons. The third-order valence-electron chi connectivity index (χ3n) is 2.72. The molecule has 0 fully saturated rings. The van der Waals surface area contributed by atoms with E-state index < -0.39 is 0 Å². The minimum absolute atomic E-state index is 0.225. The molecule has 0 aromatic heterocycles. The summed E-state index contributed by atoms with van der Waals surface area (Å²) < 4.78 is 5.24. The maximum absolute atomic E-state index is 9.37. The van der Waals surface area contributed by atoms with E-state index in [-0.39, 0.29) is 5.75 Å². The van der Waals surface area contributed by atoms with Crippen LogP contribution in [0.4, 0.5) is 0 Å². The standard InChI is InChI=1S/C16H16O2/c1-18-16-12-15(17)11-10-14(16)9-5-8-13-6-3-2-4-7-13/h2-8,10-12,17H,9H2,1H3/b8-5+. The van der Waals surface area contributed by atoms with Gasteiger partial charge in [-0.15, -0.1) is 0 Å². The average Bonchev–Trinajstić information content (AvgIpc) is 2.41. The third-order valence-corrected chi connectivity index (χ3v) is 2.72. The fourth-order valence-corrected chi connectivity index (χ4v) is 1.79. The van der Waals surface area contributed by atoms with Crippen molar-refractivity contribution < 1.29 is 9.84 Å². The molecular weight excluding hydrogens is 224 g/mol. The number of benzene rings is 2. The summed E-state index contributed by atoms with van der Waals surface area (Å²) in [5, 5.41) is 9.37. The van der Waals surface area contributed by atoms with Gasteiger partial charge < -0.3 is 9.84 Å². The Morgan fingerprint density at radius 1 is 1.11 bits per heavy atom. The normalized spacial score (nSPS) is 10.7. The summed E-state index contributed by atoms with van der Waals surface area (Å²) in [5.74, 6) is 0.940. The highest BCUT2D eigenvalue weighted by Crippen LogP contribution is 2.24. The SMILES string of the molecule is COc1cc(O)ccc1C/C=C/c1ccccc1. The van der Waals surface area contributed by atoms with Crippen molar-refractivity contribution in [3.8, 4) is 11.5 Å². The molecule has 0 saturated heterocycles. The van der Waals surface area contributed by atoms with E-state index in [0.29, 0.717) is 5.75 Å². The molecule has 0 aliphatic heterocycles. The summed E-state index contributed by atoms with van der Waals surface area (Å²) in [5.41, 5.74) is 2.23. The molecule has 0 bridgehead atoms. The summed E-state index contributed by atoms with van der Waals surface area (Å²) >= 11 is 0. The van der Waals surface area contributed by atoms with Crippen LogP contribution in [0, 0.1) is 0 Å². The Morgan fingerprint density at radius 2 is 1.89 bits per heavy atom. The van der Waals surface area contributed by atoms with Gasteiger partial charge in [-0.05, 0) is 23.6 Å². The monoisotopic (exact) mass is 240 g/mol. The Labute approximate surface area is 107 Å². The molecule has 2 rings (SSSR count). The second-order valence-electron chi connectivity index (χ2n) is 4.01. The molecule has 0 aliphatic rings. The van der Waals surface area contributed by atoms with Gasteiger partial charge in [-0.25, -0.2) is 0 Å². The van der Waals surface area contributed by atoms with Crippen molar-refractivity contribution in [1.29, 1.82) is 0 Å². The highest BCUT2D eigenvalue weighted by atomic mass is 16.5. The van der Waals surface area contributed by atoms with Gasteiger partial charge in [-0.1, -0.05) is 48.6 Å². The van der Waals surface area contributed by atoms with Crippen molar-refractivity contribution >= 4 is 6.08 Å². The molecular formula is C16H16O2. The number of phenolic OH excluding ortho intramolecular Hbond substituents is 1. The van der Waals surface area contributed by atoms with E-state index in [1.54, 1.807) is 19.2 Å². The van der Waals surface area contributed by atoms with Gasteiger partial charge in [0.05, 0.1) is 7.11 Å². The molecule has 2 aromatic carbocycles. The smallest absolute Gasteiger partial charge is 0.126 e. The number of aromatic hydroxyl groups is 1.